The summed E-state index contributed by atoms with van der Waals surface area (Å²) in [4.78, 5) is 11.3. The van der Waals surface area contributed by atoms with Crippen molar-refractivity contribution in [3.05, 3.63) is 0 Å². The predicted molar refractivity (Wildman–Crippen MR) is 57.4 cm³/mol. The Morgan fingerprint density at radius 1 is 1.41 bits per heavy atom. The fraction of sp³-hybridized carbons (Fsp3) is 0.900. The van der Waals surface area contributed by atoms with E-state index >= 15 is 0 Å². The number of carbonyl (C=O) groups is 1. The maximum Gasteiger partial charge on any atom is 0.405 e. The molecule has 0 aliphatic rings. The Kier molecular flexibility index (Phi) is 5.91. The summed E-state index contributed by atoms with van der Waals surface area (Å²) in [7, 11) is 0. The number of amides is 1. The van der Waals surface area contributed by atoms with Crippen LogP contribution >= 0.6 is 0 Å². The van der Waals surface area contributed by atoms with Crippen LogP contribution in [0.4, 0.5) is 13.2 Å². The first-order chi connectivity index (χ1) is 7.63. The molecule has 0 spiro atoms. The summed E-state index contributed by atoms with van der Waals surface area (Å²) in [5.41, 5.74) is -0.672. The number of nitrogens with one attached hydrogen (secondary N) is 2. The summed E-state index contributed by atoms with van der Waals surface area (Å²) >= 11 is 0. The summed E-state index contributed by atoms with van der Waals surface area (Å²) in [6, 6.07) is -0.797. The zero-order valence-corrected chi connectivity index (χ0v) is 10.2. The van der Waals surface area contributed by atoms with E-state index < -0.39 is 30.2 Å². The second-order valence-corrected chi connectivity index (χ2v) is 4.27. The van der Waals surface area contributed by atoms with Gasteiger partial charge in [-0.2, -0.15) is 13.2 Å². The van der Waals surface area contributed by atoms with Gasteiger partial charge in [-0.05, 0) is 20.3 Å². The molecule has 0 heterocycles. The highest BCUT2D eigenvalue weighted by atomic mass is 19.4. The molecule has 0 aromatic rings. The quantitative estimate of drug-likeness (QED) is 0.659. The number of hydrogen-bond donors (Lipinski definition) is 3. The molecule has 0 radical (unpaired) electrons. The van der Waals surface area contributed by atoms with Gasteiger partial charge >= 0.3 is 6.18 Å². The Morgan fingerprint density at radius 3 is 2.29 bits per heavy atom. The Balaban J connectivity index is 4.23. The maximum atomic E-state index is 11.9. The van der Waals surface area contributed by atoms with Crippen LogP contribution in [0.3, 0.4) is 0 Å². The summed E-state index contributed by atoms with van der Waals surface area (Å²) < 4.78 is 35.6. The monoisotopic (exact) mass is 256 g/mol. The molecule has 0 aliphatic carbocycles. The summed E-state index contributed by atoms with van der Waals surface area (Å²) in [5.74, 6) is -0.740. The van der Waals surface area contributed by atoms with Crippen LogP contribution in [-0.4, -0.2) is 41.9 Å². The fourth-order valence-electron chi connectivity index (χ4n) is 1.19. The van der Waals surface area contributed by atoms with E-state index in [0.29, 0.717) is 6.42 Å². The van der Waals surface area contributed by atoms with Crippen LogP contribution in [0.25, 0.3) is 0 Å². The van der Waals surface area contributed by atoms with Crippen LogP contribution in [0.2, 0.25) is 0 Å². The fourth-order valence-corrected chi connectivity index (χ4v) is 1.19. The van der Waals surface area contributed by atoms with E-state index in [0.717, 1.165) is 0 Å². The molecular weight excluding hydrogens is 237 g/mol. The zero-order chi connectivity index (χ0) is 13.7. The standard InChI is InChI=1S/C10H19F3N2O2/c1-4-9(3,6-16)15-7(2)8(17)14-5-10(11,12)13/h7,15-16H,4-6H2,1-3H3,(H,14,17). The van der Waals surface area contributed by atoms with Crippen molar-refractivity contribution >= 4 is 5.91 Å². The van der Waals surface area contributed by atoms with Gasteiger partial charge in [-0.25, -0.2) is 0 Å². The van der Waals surface area contributed by atoms with Crippen molar-refractivity contribution in [1.82, 2.24) is 10.6 Å². The van der Waals surface area contributed by atoms with Gasteiger partial charge < -0.3 is 10.4 Å². The van der Waals surface area contributed by atoms with Gasteiger partial charge in [0, 0.05) is 5.54 Å². The number of alkyl halides is 3. The minimum Gasteiger partial charge on any atom is -0.394 e. The van der Waals surface area contributed by atoms with E-state index in [2.05, 4.69) is 5.32 Å². The summed E-state index contributed by atoms with van der Waals surface area (Å²) in [6.07, 6.45) is -3.86. The van der Waals surface area contributed by atoms with Gasteiger partial charge in [0.05, 0.1) is 12.6 Å². The molecule has 7 heteroatoms. The highest BCUT2D eigenvalue weighted by Crippen LogP contribution is 2.13. The molecule has 4 nitrogen and oxygen atoms in total. The molecule has 1 amide bonds. The van der Waals surface area contributed by atoms with Gasteiger partial charge in [0.25, 0.3) is 0 Å². The molecule has 102 valence electrons. The smallest absolute Gasteiger partial charge is 0.394 e. The average molecular weight is 256 g/mol. The first-order valence-electron chi connectivity index (χ1n) is 5.36. The van der Waals surface area contributed by atoms with Gasteiger partial charge in [0.15, 0.2) is 0 Å². The molecule has 0 saturated heterocycles. The van der Waals surface area contributed by atoms with E-state index in [1.54, 1.807) is 12.2 Å². The molecule has 3 N–H and O–H groups in total. The number of aliphatic hydroxyl groups excluding tert-OH is 1. The average Bonchev–Trinajstić information content (AvgIpc) is 2.24. The third-order valence-corrected chi connectivity index (χ3v) is 2.55. The Bertz CT molecular complexity index is 252. The molecule has 17 heavy (non-hydrogen) atoms. The summed E-state index contributed by atoms with van der Waals surface area (Å²) in [5, 5.41) is 13.7. The van der Waals surface area contributed by atoms with Crippen molar-refractivity contribution < 1.29 is 23.1 Å². The third kappa shape index (κ3) is 6.48. The topological polar surface area (TPSA) is 61.4 Å². The van der Waals surface area contributed by atoms with Crippen LogP contribution in [-0.2, 0) is 4.79 Å². The van der Waals surface area contributed by atoms with Crippen molar-refractivity contribution in [2.75, 3.05) is 13.2 Å². The Morgan fingerprint density at radius 2 is 1.94 bits per heavy atom. The SMILES string of the molecule is CCC(C)(CO)NC(C)C(=O)NCC(F)(F)F. The van der Waals surface area contributed by atoms with Crippen LogP contribution < -0.4 is 10.6 Å². The van der Waals surface area contributed by atoms with Crippen LogP contribution in [0.1, 0.15) is 27.2 Å². The van der Waals surface area contributed by atoms with E-state index in [4.69, 9.17) is 5.11 Å². The first-order valence-corrected chi connectivity index (χ1v) is 5.36. The van der Waals surface area contributed by atoms with E-state index in [-0.39, 0.29) is 6.61 Å². The van der Waals surface area contributed by atoms with Crippen LogP contribution in [0.15, 0.2) is 0 Å². The molecule has 0 bridgehead atoms. The lowest BCUT2D eigenvalue weighted by molar-refractivity contribution is -0.139. The minimum absolute atomic E-state index is 0.194. The normalized spacial score (nSPS) is 17.4. The molecule has 0 rings (SSSR count). The van der Waals surface area contributed by atoms with Crippen molar-refractivity contribution in [2.45, 2.75) is 44.9 Å². The molecule has 0 aliphatic heterocycles. The van der Waals surface area contributed by atoms with Crippen molar-refractivity contribution in [3.8, 4) is 0 Å². The Labute approximate surface area is 98.6 Å². The van der Waals surface area contributed by atoms with Crippen molar-refractivity contribution in [3.63, 3.8) is 0 Å². The van der Waals surface area contributed by atoms with E-state index in [9.17, 15) is 18.0 Å². The lowest BCUT2D eigenvalue weighted by Gasteiger charge is -2.30. The van der Waals surface area contributed by atoms with Gasteiger partial charge in [-0.3, -0.25) is 10.1 Å². The Hall–Kier alpha value is -0.820. The molecule has 0 fully saturated rings. The van der Waals surface area contributed by atoms with Gasteiger partial charge in [0.1, 0.15) is 6.54 Å². The second-order valence-electron chi connectivity index (χ2n) is 4.27. The number of aliphatic hydroxyl groups is 1. The molecule has 2 atom stereocenters. The van der Waals surface area contributed by atoms with Gasteiger partial charge in [-0.1, -0.05) is 6.92 Å². The van der Waals surface area contributed by atoms with Crippen LogP contribution in [0, 0.1) is 0 Å². The van der Waals surface area contributed by atoms with Crippen molar-refractivity contribution in [1.29, 1.82) is 0 Å². The largest absolute Gasteiger partial charge is 0.405 e. The zero-order valence-electron chi connectivity index (χ0n) is 10.2. The van der Waals surface area contributed by atoms with Crippen molar-refractivity contribution in [2.24, 2.45) is 0 Å². The summed E-state index contributed by atoms with van der Waals surface area (Å²) in [6.45, 7) is 3.42. The lowest BCUT2D eigenvalue weighted by atomic mass is 9.99. The van der Waals surface area contributed by atoms with Gasteiger partial charge in [-0.15, -0.1) is 0 Å². The number of hydrogen-bond acceptors (Lipinski definition) is 3. The number of rotatable bonds is 6. The molecule has 0 saturated carbocycles. The first kappa shape index (κ1) is 16.2. The lowest BCUT2D eigenvalue weighted by Crippen LogP contribution is -2.55. The molecule has 2 unspecified atom stereocenters. The molecule has 0 aromatic heterocycles. The number of carbonyl (C=O) groups excluding carboxylic acids is 1. The minimum atomic E-state index is -4.42. The highest BCUT2D eigenvalue weighted by Gasteiger charge is 2.30. The predicted octanol–water partition coefficient (Wildman–Crippen LogP) is 0.804. The third-order valence-electron chi connectivity index (χ3n) is 2.55. The van der Waals surface area contributed by atoms with E-state index in [1.807, 2.05) is 6.92 Å². The number of halogens is 3. The molecular formula is C10H19F3N2O2. The van der Waals surface area contributed by atoms with Gasteiger partial charge in [0.2, 0.25) is 5.91 Å². The second kappa shape index (κ2) is 6.20. The molecule has 0 aromatic carbocycles. The van der Waals surface area contributed by atoms with E-state index in [1.165, 1.54) is 6.92 Å². The maximum absolute atomic E-state index is 11.9. The highest BCUT2D eigenvalue weighted by molar-refractivity contribution is 5.81. The van der Waals surface area contributed by atoms with Crippen LogP contribution in [0.5, 0.6) is 0 Å².